The highest BCUT2D eigenvalue weighted by atomic mass is 16.4. The second-order valence-corrected chi connectivity index (χ2v) is 6.48. The molecule has 0 saturated carbocycles. The third-order valence-electron chi connectivity index (χ3n) is 4.90. The van der Waals surface area contributed by atoms with E-state index < -0.39 is 11.5 Å². The van der Waals surface area contributed by atoms with Crippen molar-refractivity contribution < 1.29 is 14.3 Å². The molecule has 4 rings (SSSR count). The molecule has 0 aliphatic carbocycles. The van der Waals surface area contributed by atoms with Crippen molar-refractivity contribution in [2.24, 2.45) is 0 Å². The topological polar surface area (TPSA) is 97.3 Å². The maximum atomic E-state index is 12.1. The molecule has 1 fully saturated rings. The van der Waals surface area contributed by atoms with Gasteiger partial charge in [0.05, 0.1) is 12.0 Å². The number of carbonyl (C=O) groups is 1. The van der Waals surface area contributed by atoms with E-state index in [4.69, 9.17) is 4.42 Å². The molecule has 0 amide bonds. The normalized spacial score (nSPS) is 16.6. The van der Waals surface area contributed by atoms with Crippen molar-refractivity contribution in [3.05, 3.63) is 48.5 Å². The number of nitrogens with zero attached hydrogens (tertiary/aromatic N) is 5. The summed E-state index contributed by atoms with van der Waals surface area (Å²) in [6.07, 6.45) is 4.14. The lowest BCUT2D eigenvalue weighted by atomic mass is 9.87. The lowest BCUT2D eigenvalue weighted by molar-refractivity contribution is -0.149. The fourth-order valence-corrected chi connectivity index (χ4v) is 3.33. The Bertz CT molecular complexity index is 893. The molecular weight excluding hydrogens is 334 g/mol. The zero-order chi connectivity index (χ0) is 18.1. The van der Waals surface area contributed by atoms with Gasteiger partial charge in [-0.3, -0.25) is 4.68 Å². The SMILES string of the molecule is Cc1ccc(N2CCC(C(=O)O)(n3ccc(-c4ccco4)n3)CC2)nn1. The third-order valence-corrected chi connectivity index (χ3v) is 4.90. The van der Waals surface area contributed by atoms with Crippen molar-refractivity contribution in [2.75, 3.05) is 18.0 Å². The molecular formula is C18H19N5O3. The average molecular weight is 353 g/mol. The number of rotatable bonds is 4. The number of hydrogen-bond acceptors (Lipinski definition) is 6. The molecule has 8 heteroatoms. The van der Waals surface area contributed by atoms with Crippen molar-refractivity contribution in [3.63, 3.8) is 0 Å². The molecule has 0 aromatic carbocycles. The van der Waals surface area contributed by atoms with Crippen LogP contribution in [0.15, 0.2) is 47.2 Å². The van der Waals surface area contributed by atoms with E-state index in [9.17, 15) is 9.90 Å². The Kier molecular flexibility index (Phi) is 3.95. The van der Waals surface area contributed by atoms with Crippen molar-refractivity contribution >= 4 is 11.8 Å². The zero-order valence-electron chi connectivity index (χ0n) is 14.4. The van der Waals surface area contributed by atoms with Gasteiger partial charge >= 0.3 is 5.97 Å². The number of anilines is 1. The molecule has 26 heavy (non-hydrogen) atoms. The van der Waals surface area contributed by atoms with Gasteiger partial charge in [-0.2, -0.15) is 10.2 Å². The van der Waals surface area contributed by atoms with E-state index in [0.29, 0.717) is 37.4 Å². The lowest BCUT2D eigenvalue weighted by Gasteiger charge is -2.39. The maximum absolute atomic E-state index is 12.1. The van der Waals surface area contributed by atoms with E-state index >= 15 is 0 Å². The smallest absolute Gasteiger partial charge is 0.331 e. The van der Waals surface area contributed by atoms with Gasteiger partial charge in [-0.15, -0.1) is 5.10 Å². The van der Waals surface area contributed by atoms with Gasteiger partial charge in [-0.1, -0.05) is 0 Å². The fraction of sp³-hybridized carbons (Fsp3) is 0.333. The molecule has 3 aromatic rings. The molecule has 3 aromatic heterocycles. The minimum Gasteiger partial charge on any atom is -0.479 e. The minimum atomic E-state index is -1.07. The molecule has 1 N–H and O–H groups in total. The molecule has 1 aliphatic heterocycles. The molecule has 134 valence electrons. The van der Waals surface area contributed by atoms with Crippen LogP contribution in [0.25, 0.3) is 11.5 Å². The quantitative estimate of drug-likeness (QED) is 0.768. The Balaban J connectivity index is 1.57. The van der Waals surface area contributed by atoms with Crippen LogP contribution < -0.4 is 4.90 Å². The van der Waals surface area contributed by atoms with Gasteiger partial charge in [-0.25, -0.2) is 4.79 Å². The molecule has 8 nitrogen and oxygen atoms in total. The van der Waals surface area contributed by atoms with Crippen LogP contribution in [0, 0.1) is 6.92 Å². The Labute approximate surface area is 150 Å². The van der Waals surface area contributed by atoms with Crippen LogP contribution in [0.4, 0.5) is 5.82 Å². The largest absolute Gasteiger partial charge is 0.479 e. The van der Waals surface area contributed by atoms with Gasteiger partial charge in [0.1, 0.15) is 5.69 Å². The van der Waals surface area contributed by atoms with Crippen LogP contribution in [0.2, 0.25) is 0 Å². The summed E-state index contributed by atoms with van der Waals surface area (Å²) in [5, 5.41) is 22.7. The number of aryl methyl sites for hydroxylation is 1. The van der Waals surface area contributed by atoms with Crippen LogP contribution in [-0.2, 0) is 10.3 Å². The van der Waals surface area contributed by atoms with Gasteiger partial charge in [0.15, 0.2) is 17.1 Å². The number of hydrogen-bond donors (Lipinski definition) is 1. The summed E-state index contributed by atoms with van der Waals surface area (Å²) in [4.78, 5) is 14.2. The highest BCUT2D eigenvalue weighted by molar-refractivity contribution is 5.77. The van der Waals surface area contributed by atoms with E-state index in [2.05, 4.69) is 20.2 Å². The van der Waals surface area contributed by atoms with Crippen LogP contribution in [-0.4, -0.2) is 44.1 Å². The molecule has 1 aliphatic rings. The number of aliphatic carboxylic acids is 1. The number of furan rings is 1. The minimum absolute atomic E-state index is 0.428. The zero-order valence-corrected chi connectivity index (χ0v) is 14.4. The Morgan fingerprint density at radius 2 is 2.00 bits per heavy atom. The van der Waals surface area contributed by atoms with Crippen LogP contribution in [0.1, 0.15) is 18.5 Å². The first kappa shape index (κ1) is 16.3. The van der Waals surface area contributed by atoms with E-state index in [0.717, 1.165) is 11.5 Å². The predicted molar refractivity (Wildman–Crippen MR) is 93.8 cm³/mol. The lowest BCUT2D eigenvalue weighted by Crippen LogP contribution is -2.51. The molecule has 0 spiro atoms. The average Bonchev–Trinajstić information content (AvgIpc) is 3.34. The Morgan fingerprint density at radius 1 is 1.19 bits per heavy atom. The number of carboxylic acid groups (broad SMARTS) is 1. The van der Waals surface area contributed by atoms with Gasteiger partial charge < -0.3 is 14.4 Å². The summed E-state index contributed by atoms with van der Waals surface area (Å²) in [5.74, 6) is 0.518. The Hall–Kier alpha value is -3.16. The first-order valence-electron chi connectivity index (χ1n) is 8.47. The summed E-state index contributed by atoms with van der Waals surface area (Å²) in [6, 6.07) is 9.19. The number of piperidine rings is 1. The molecule has 4 heterocycles. The number of aromatic nitrogens is 4. The Morgan fingerprint density at radius 3 is 2.62 bits per heavy atom. The molecule has 0 atom stereocenters. The van der Waals surface area contributed by atoms with Crippen molar-refractivity contribution in [2.45, 2.75) is 25.3 Å². The summed E-state index contributed by atoms with van der Waals surface area (Å²) in [7, 11) is 0. The summed E-state index contributed by atoms with van der Waals surface area (Å²) in [6.45, 7) is 3.02. The maximum Gasteiger partial charge on any atom is 0.331 e. The number of carboxylic acids is 1. The van der Waals surface area contributed by atoms with E-state index in [-0.39, 0.29) is 0 Å². The molecule has 0 bridgehead atoms. The van der Waals surface area contributed by atoms with E-state index in [1.165, 1.54) is 0 Å². The monoisotopic (exact) mass is 353 g/mol. The van der Waals surface area contributed by atoms with Crippen molar-refractivity contribution in [3.8, 4) is 11.5 Å². The van der Waals surface area contributed by atoms with Gasteiger partial charge in [0.25, 0.3) is 0 Å². The van der Waals surface area contributed by atoms with Crippen LogP contribution in [0.3, 0.4) is 0 Å². The highest BCUT2D eigenvalue weighted by Crippen LogP contribution is 2.33. The predicted octanol–water partition coefficient (Wildman–Crippen LogP) is 2.32. The second-order valence-electron chi connectivity index (χ2n) is 6.48. The van der Waals surface area contributed by atoms with E-state index in [1.54, 1.807) is 35.3 Å². The van der Waals surface area contributed by atoms with Gasteiger partial charge in [-0.05, 0) is 37.3 Å². The summed E-state index contributed by atoms with van der Waals surface area (Å²) in [5.41, 5.74) is 0.412. The van der Waals surface area contributed by atoms with Gasteiger partial charge in [0, 0.05) is 32.1 Å². The summed E-state index contributed by atoms with van der Waals surface area (Å²) >= 11 is 0. The van der Waals surface area contributed by atoms with Crippen LogP contribution in [0.5, 0.6) is 0 Å². The van der Waals surface area contributed by atoms with E-state index in [1.807, 2.05) is 19.1 Å². The first-order chi connectivity index (χ1) is 12.6. The van der Waals surface area contributed by atoms with Gasteiger partial charge in [0.2, 0.25) is 0 Å². The molecule has 0 unspecified atom stereocenters. The van der Waals surface area contributed by atoms with Crippen molar-refractivity contribution in [1.82, 2.24) is 20.0 Å². The van der Waals surface area contributed by atoms with Crippen molar-refractivity contribution in [1.29, 1.82) is 0 Å². The standard InChI is InChI=1S/C18H19N5O3/c1-13-4-5-16(20-19-13)22-10-7-18(8-11-22,17(24)25)23-9-6-14(21-23)15-3-2-12-26-15/h2-6,9,12H,7-8,10-11H2,1H3,(H,24,25). The first-order valence-corrected chi connectivity index (χ1v) is 8.47. The summed E-state index contributed by atoms with van der Waals surface area (Å²) < 4.78 is 6.91. The molecule has 0 radical (unpaired) electrons. The second kappa shape index (κ2) is 6.29. The van der Waals surface area contributed by atoms with Crippen LogP contribution >= 0.6 is 0 Å². The molecule has 1 saturated heterocycles. The third kappa shape index (κ3) is 2.73. The highest BCUT2D eigenvalue weighted by Gasteiger charge is 2.44. The fourth-order valence-electron chi connectivity index (χ4n) is 3.33.